The number of aromatic nitrogens is 4. The number of fused-ring (bicyclic) bond motifs is 2. The quantitative estimate of drug-likeness (QED) is 0.610. The summed E-state index contributed by atoms with van der Waals surface area (Å²) in [4.78, 5) is 13.5. The minimum atomic E-state index is 0.434. The van der Waals surface area contributed by atoms with Gasteiger partial charge in [-0.05, 0) is 17.7 Å². The zero-order chi connectivity index (χ0) is 14.2. The van der Waals surface area contributed by atoms with Crippen molar-refractivity contribution in [3.63, 3.8) is 0 Å². The summed E-state index contributed by atoms with van der Waals surface area (Å²) in [6.45, 7) is 0.635. The van der Waals surface area contributed by atoms with Crippen LogP contribution in [0.15, 0.2) is 54.6 Å². The zero-order valence-corrected chi connectivity index (χ0v) is 11.3. The molecule has 0 aliphatic heterocycles. The predicted octanol–water partition coefficient (Wildman–Crippen LogP) is 2.61. The molecule has 102 valence electrons. The van der Waals surface area contributed by atoms with Crippen molar-refractivity contribution >= 4 is 28.3 Å². The Kier molecular flexibility index (Phi) is 2.57. The molecule has 0 unspecified atom stereocenters. The van der Waals surface area contributed by atoms with Gasteiger partial charge >= 0.3 is 0 Å². The largest absolute Gasteiger partial charge is 0.369 e. The van der Waals surface area contributed by atoms with Crippen LogP contribution in [0.3, 0.4) is 0 Å². The zero-order valence-electron chi connectivity index (χ0n) is 11.3. The number of rotatable bonds is 2. The van der Waals surface area contributed by atoms with Crippen molar-refractivity contribution in [2.24, 2.45) is 0 Å². The van der Waals surface area contributed by atoms with Crippen molar-refractivity contribution < 1.29 is 0 Å². The third-order valence-corrected chi connectivity index (χ3v) is 3.47. The molecule has 0 saturated carbocycles. The van der Waals surface area contributed by atoms with E-state index in [-0.39, 0.29) is 0 Å². The standard InChI is InChI=1S/C16H13N5/c17-16-20-14-15(19-13-9-5-4-8-12(13)18-14)21(16)10-11-6-2-1-3-7-11/h1-9H,10H2,(H2,17,18,20). The molecule has 0 amide bonds. The van der Waals surface area contributed by atoms with E-state index in [0.717, 1.165) is 22.2 Å². The highest BCUT2D eigenvalue weighted by molar-refractivity contribution is 5.83. The smallest absolute Gasteiger partial charge is 0.204 e. The molecular weight excluding hydrogens is 262 g/mol. The molecule has 2 aromatic heterocycles. The lowest BCUT2D eigenvalue weighted by atomic mass is 10.2. The van der Waals surface area contributed by atoms with Gasteiger partial charge < -0.3 is 5.73 Å². The summed E-state index contributed by atoms with van der Waals surface area (Å²) in [6.07, 6.45) is 0. The summed E-state index contributed by atoms with van der Waals surface area (Å²) < 4.78 is 1.89. The van der Waals surface area contributed by atoms with Gasteiger partial charge in [0.15, 0.2) is 11.3 Å². The Morgan fingerprint density at radius 1 is 0.810 bits per heavy atom. The number of nitrogens with zero attached hydrogens (tertiary/aromatic N) is 4. The van der Waals surface area contributed by atoms with Crippen LogP contribution in [0, 0.1) is 0 Å². The highest BCUT2D eigenvalue weighted by atomic mass is 15.2. The second-order valence-corrected chi connectivity index (χ2v) is 4.90. The minimum Gasteiger partial charge on any atom is -0.369 e. The van der Waals surface area contributed by atoms with E-state index in [2.05, 4.69) is 27.1 Å². The van der Waals surface area contributed by atoms with Gasteiger partial charge in [0.05, 0.1) is 17.6 Å². The molecule has 2 aromatic carbocycles. The van der Waals surface area contributed by atoms with Gasteiger partial charge in [-0.15, -0.1) is 0 Å². The van der Waals surface area contributed by atoms with Crippen molar-refractivity contribution in [1.82, 2.24) is 19.5 Å². The predicted molar refractivity (Wildman–Crippen MR) is 82.8 cm³/mol. The molecule has 0 aliphatic carbocycles. The highest BCUT2D eigenvalue weighted by Gasteiger charge is 2.12. The summed E-state index contributed by atoms with van der Waals surface area (Å²) in [5.74, 6) is 0.434. The number of nitrogens with two attached hydrogens (primary N) is 1. The highest BCUT2D eigenvalue weighted by Crippen LogP contribution is 2.19. The van der Waals surface area contributed by atoms with Gasteiger partial charge in [-0.25, -0.2) is 9.97 Å². The van der Waals surface area contributed by atoms with Gasteiger partial charge in [-0.2, -0.15) is 4.98 Å². The third-order valence-electron chi connectivity index (χ3n) is 3.47. The number of hydrogen-bond donors (Lipinski definition) is 1. The van der Waals surface area contributed by atoms with E-state index in [1.807, 2.05) is 47.0 Å². The van der Waals surface area contributed by atoms with E-state index < -0.39 is 0 Å². The Balaban J connectivity index is 1.91. The van der Waals surface area contributed by atoms with Crippen molar-refractivity contribution in [2.75, 3.05) is 5.73 Å². The number of benzene rings is 2. The molecule has 0 aliphatic rings. The first-order valence-corrected chi connectivity index (χ1v) is 6.74. The molecule has 5 nitrogen and oxygen atoms in total. The third kappa shape index (κ3) is 1.99. The molecule has 4 rings (SSSR count). The monoisotopic (exact) mass is 275 g/mol. The summed E-state index contributed by atoms with van der Waals surface area (Å²) >= 11 is 0. The molecule has 0 radical (unpaired) electrons. The van der Waals surface area contributed by atoms with Crippen LogP contribution in [0.1, 0.15) is 5.56 Å². The lowest BCUT2D eigenvalue weighted by molar-refractivity contribution is 0.829. The van der Waals surface area contributed by atoms with Gasteiger partial charge in [0, 0.05) is 0 Å². The molecule has 5 heteroatoms. The first-order chi connectivity index (χ1) is 10.3. The molecule has 0 spiro atoms. The topological polar surface area (TPSA) is 69.6 Å². The average molecular weight is 275 g/mol. The van der Waals surface area contributed by atoms with Crippen LogP contribution in [0.2, 0.25) is 0 Å². The van der Waals surface area contributed by atoms with Gasteiger partial charge in [0.1, 0.15) is 0 Å². The van der Waals surface area contributed by atoms with Gasteiger partial charge in [-0.1, -0.05) is 42.5 Å². The van der Waals surface area contributed by atoms with Crippen LogP contribution < -0.4 is 5.73 Å². The normalized spacial score (nSPS) is 11.2. The van der Waals surface area contributed by atoms with Gasteiger partial charge in [0.2, 0.25) is 5.95 Å². The van der Waals surface area contributed by atoms with E-state index in [0.29, 0.717) is 18.1 Å². The summed E-state index contributed by atoms with van der Waals surface area (Å²) in [6, 6.07) is 17.9. The van der Waals surface area contributed by atoms with Gasteiger partial charge in [0.25, 0.3) is 0 Å². The number of nitrogen functional groups attached to an aromatic ring is 1. The van der Waals surface area contributed by atoms with Crippen LogP contribution in [-0.4, -0.2) is 19.5 Å². The van der Waals surface area contributed by atoms with E-state index >= 15 is 0 Å². The average Bonchev–Trinajstić information content (AvgIpc) is 2.81. The Bertz CT molecular complexity index is 927. The van der Waals surface area contributed by atoms with Crippen molar-refractivity contribution in [3.8, 4) is 0 Å². The number of imidazole rings is 1. The van der Waals surface area contributed by atoms with Crippen molar-refractivity contribution in [2.45, 2.75) is 6.54 Å². The lowest BCUT2D eigenvalue weighted by Gasteiger charge is -2.06. The van der Waals surface area contributed by atoms with E-state index in [9.17, 15) is 0 Å². The fourth-order valence-corrected chi connectivity index (χ4v) is 2.44. The minimum absolute atomic E-state index is 0.434. The molecular formula is C16H13N5. The maximum Gasteiger partial charge on any atom is 0.204 e. The molecule has 21 heavy (non-hydrogen) atoms. The van der Waals surface area contributed by atoms with Crippen molar-refractivity contribution in [1.29, 1.82) is 0 Å². The molecule has 4 aromatic rings. The second kappa shape index (κ2) is 4.56. The first-order valence-electron chi connectivity index (χ1n) is 6.74. The number of para-hydroxylation sites is 2. The van der Waals surface area contributed by atoms with Crippen molar-refractivity contribution in [3.05, 3.63) is 60.2 Å². The Morgan fingerprint density at radius 2 is 1.48 bits per heavy atom. The first kappa shape index (κ1) is 11.8. The molecule has 2 heterocycles. The van der Waals surface area contributed by atoms with Crippen LogP contribution in [0.25, 0.3) is 22.3 Å². The second-order valence-electron chi connectivity index (χ2n) is 4.90. The fourth-order valence-electron chi connectivity index (χ4n) is 2.44. The summed E-state index contributed by atoms with van der Waals surface area (Å²) in [5.41, 5.74) is 10.2. The Labute approximate surface area is 121 Å². The summed E-state index contributed by atoms with van der Waals surface area (Å²) in [7, 11) is 0. The van der Waals surface area contributed by atoms with E-state index in [4.69, 9.17) is 5.73 Å². The van der Waals surface area contributed by atoms with Crippen LogP contribution in [0.5, 0.6) is 0 Å². The van der Waals surface area contributed by atoms with Crippen LogP contribution in [-0.2, 0) is 6.54 Å². The summed E-state index contributed by atoms with van der Waals surface area (Å²) in [5, 5.41) is 0. The molecule has 0 fully saturated rings. The fraction of sp³-hybridized carbons (Fsp3) is 0.0625. The van der Waals surface area contributed by atoms with Crippen LogP contribution in [0.4, 0.5) is 5.95 Å². The molecule has 0 saturated heterocycles. The number of anilines is 1. The molecule has 0 bridgehead atoms. The van der Waals surface area contributed by atoms with E-state index in [1.54, 1.807) is 0 Å². The van der Waals surface area contributed by atoms with Crippen LogP contribution >= 0.6 is 0 Å². The molecule has 0 atom stereocenters. The molecule has 2 N–H and O–H groups in total. The van der Waals surface area contributed by atoms with E-state index in [1.165, 1.54) is 0 Å². The lowest BCUT2D eigenvalue weighted by Crippen LogP contribution is -2.05. The van der Waals surface area contributed by atoms with Gasteiger partial charge in [-0.3, -0.25) is 4.57 Å². The Morgan fingerprint density at radius 3 is 2.24 bits per heavy atom. The Hall–Kier alpha value is -2.95. The SMILES string of the molecule is Nc1nc2nc3ccccc3nc2n1Cc1ccccc1. The maximum atomic E-state index is 6.04. The maximum absolute atomic E-state index is 6.04. The number of hydrogen-bond acceptors (Lipinski definition) is 4.